The van der Waals surface area contributed by atoms with E-state index in [2.05, 4.69) is 10.3 Å². The maximum absolute atomic E-state index is 13.5. The first-order chi connectivity index (χ1) is 12.5. The maximum Gasteiger partial charge on any atom is 0.273 e. The Labute approximate surface area is 149 Å². The number of carbonyl (C=O) groups is 1. The van der Waals surface area contributed by atoms with Crippen LogP contribution >= 0.6 is 0 Å². The van der Waals surface area contributed by atoms with Crippen LogP contribution in [0.15, 0.2) is 28.9 Å². The SMILES string of the molecule is O=C(NCC1(O)CCCCC1)c1coc(COc2cccc(F)c2F)n1. The molecular formula is C18H20F2N2O4. The monoisotopic (exact) mass is 366 g/mol. The Balaban J connectivity index is 1.53. The minimum absolute atomic E-state index is 0.0303. The summed E-state index contributed by atoms with van der Waals surface area (Å²) in [5.41, 5.74) is -0.846. The second-order valence-corrected chi connectivity index (χ2v) is 6.43. The van der Waals surface area contributed by atoms with Crippen molar-refractivity contribution in [2.24, 2.45) is 0 Å². The highest BCUT2D eigenvalue weighted by atomic mass is 19.2. The van der Waals surface area contributed by atoms with Crippen molar-refractivity contribution in [2.45, 2.75) is 44.3 Å². The van der Waals surface area contributed by atoms with E-state index in [1.54, 1.807) is 0 Å². The molecule has 1 aliphatic rings. The molecular weight excluding hydrogens is 346 g/mol. The van der Waals surface area contributed by atoms with E-state index in [1.165, 1.54) is 12.1 Å². The molecule has 3 rings (SSSR count). The number of oxazole rings is 1. The van der Waals surface area contributed by atoms with E-state index < -0.39 is 23.1 Å². The van der Waals surface area contributed by atoms with Crippen LogP contribution in [0.3, 0.4) is 0 Å². The lowest BCUT2D eigenvalue weighted by molar-refractivity contribution is 0.00521. The highest BCUT2D eigenvalue weighted by Gasteiger charge is 2.29. The number of amides is 1. The van der Waals surface area contributed by atoms with Crippen molar-refractivity contribution >= 4 is 5.91 Å². The molecule has 26 heavy (non-hydrogen) atoms. The molecule has 2 N–H and O–H groups in total. The molecule has 0 saturated heterocycles. The summed E-state index contributed by atoms with van der Waals surface area (Å²) in [5, 5.41) is 13.0. The second kappa shape index (κ2) is 7.82. The summed E-state index contributed by atoms with van der Waals surface area (Å²) < 4.78 is 36.9. The van der Waals surface area contributed by atoms with E-state index in [-0.39, 0.29) is 30.5 Å². The lowest BCUT2D eigenvalue weighted by Crippen LogP contribution is -2.44. The third-order valence-electron chi connectivity index (χ3n) is 4.41. The van der Waals surface area contributed by atoms with Gasteiger partial charge in [-0.05, 0) is 25.0 Å². The lowest BCUT2D eigenvalue weighted by atomic mass is 9.85. The predicted octanol–water partition coefficient (Wildman–Crippen LogP) is 2.96. The number of aliphatic hydroxyl groups is 1. The number of hydrogen-bond acceptors (Lipinski definition) is 5. The molecule has 0 unspecified atom stereocenters. The second-order valence-electron chi connectivity index (χ2n) is 6.43. The van der Waals surface area contributed by atoms with Gasteiger partial charge in [0, 0.05) is 6.54 Å². The fraction of sp³-hybridized carbons (Fsp3) is 0.444. The molecule has 140 valence electrons. The third-order valence-corrected chi connectivity index (χ3v) is 4.41. The molecule has 2 aromatic rings. The Hall–Kier alpha value is -2.48. The maximum atomic E-state index is 13.5. The van der Waals surface area contributed by atoms with Crippen molar-refractivity contribution in [1.29, 1.82) is 0 Å². The molecule has 1 heterocycles. The van der Waals surface area contributed by atoms with Crippen molar-refractivity contribution in [2.75, 3.05) is 6.54 Å². The predicted molar refractivity (Wildman–Crippen MR) is 87.6 cm³/mol. The van der Waals surface area contributed by atoms with E-state index >= 15 is 0 Å². The van der Waals surface area contributed by atoms with Crippen LogP contribution in [-0.2, 0) is 6.61 Å². The molecule has 1 amide bonds. The third kappa shape index (κ3) is 4.37. The molecule has 0 bridgehead atoms. The average molecular weight is 366 g/mol. The summed E-state index contributed by atoms with van der Waals surface area (Å²) in [6.45, 7) is -0.101. The minimum Gasteiger partial charge on any atom is -0.481 e. The van der Waals surface area contributed by atoms with Crippen LogP contribution in [0.4, 0.5) is 8.78 Å². The largest absolute Gasteiger partial charge is 0.481 e. The van der Waals surface area contributed by atoms with Crippen LogP contribution in [0, 0.1) is 11.6 Å². The van der Waals surface area contributed by atoms with Gasteiger partial charge in [0.1, 0.15) is 6.26 Å². The van der Waals surface area contributed by atoms with Crippen LogP contribution in [0.2, 0.25) is 0 Å². The van der Waals surface area contributed by atoms with E-state index in [9.17, 15) is 18.7 Å². The number of carbonyl (C=O) groups excluding carboxylic acids is 1. The first-order valence-corrected chi connectivity index (χ1v) is 8.49. The molecule has 0 spiro atoms. The van der Waals surface area contributed by atoms with Gasteiger partial charge in [-0.1, -0.05) is 25.3 Å². The zero-order valence-electron chi connectivity index (χ0n) is 14.1. The first-order valence-electron chi connectivity index (χ1n) is 8.49. The summed E-state index contributed by atoms with van der Waals surface area (Å²) in [6, 6.07) is 3.58. The van der Waals surface area contributed by atoms with Crippen LogP contribution in [0.1, 0.15) is 48.5 Å². The van der Waals surface area contributed by atoms with E-state index in [0.717, 1.165) is 31.6 Å². The molecule has 1 aromatic heterocycles. The van der Waals surface area contributed by atoms with Gasteiger partial charge in [-0.2, -0.15) is 4.39 Å². The number of benzene rings is 1. The van der Waals surface area contributed by atoms with E-state index in [1.807, 2.05) is 0 Å². The van der Waals surface area contributed by atoms with Crippen LogP contribution in [0.25, 0.3) is 0 Å². The fourth-order valence-corrected chi connectivity index (χ4v) is 2.94. The van der Waals surface area contributed by atoms with E-state index in [0.29, 0.717) is 12.8 Å². The standard InChI is InChI=1S/C18H20F2N2O4/c19-12-5-4-6-14(16(12)20)25-10-15-22-13(9-26-15)17(23)21-11-18(24)7-2-1-3-8-18/h4-6,9,24H,1-3,7-8,10-11H2,(H,21,23). The molecule has 1 saturated carbocycles. The van der Waals surface area contributed by atoms with Crippen LogP contribution in [0.5, 0.6) is 5.75 Å². The number of ether oxygens (including phenoxy) is 1. The first kappa shape index (κ1) is 18.3. The molecule has 0 atom stereocenters. The number of nitrogens with one attached hydrogen (secondary N) is 1. The Morgan fingerprint density at radius 2 is 2.08 bits per heavy atom. The number of rotatable bonds is 6. The summed E-state index contributed by atoms with van der Waals surface area (Å²) >= 11 is 0. The quantitative estimate of drug-likeness (QED) is 0.821. The average Bonchev–Trinajstić information content (AvgIpc) is 3.11. The van der Waals surface area contributed by atoms with Gasteiger partial charge in [0.25, 0.3) is 5.91 Å². The van der Waals surface area contributed by atoms with Crippen molar-refractivity contribution < 1.29 is 27.8 Å². The summed E-state index contributed by atoms with van der Waals surface area (Å²) in [5.74, 6) is -2.81. The normalized spacial score (nSPS) is 16.3. The number of halogens is 2. The summed E-state index contributed by atoms with van der Waals surface area (Å²) in [7, 11) is 0. The molecule has 1 aliphatic carbocycles. The molecule has 0 aliphatic heterocycles. The Kier molecular flexibility index (Phi) is 5.51. The van der Waals surface area contributed by atoms with Crippen molar-refractivity contribution in [3.05, 3.63) is 47.7 Å². The van der Waals surface area contributed by atoms with Gasteiger partial charge in [-0.25, -0.2) is 9.37 Å². The Morgan fingerprint density at radius 3 is 2.85 bits per heavy atom. The highest BCUT2D eigenvalue weighted by molar-refractivity contribution is 5.91. The zero-order valence-corrected chi connectivity index (χ0v) is 14.1. The molecule has 6 nitrogen and oxygen atoms in total. The van der Waals surface area contributed by atoms with E-state index in [4.69, 9.17) is 9.15 Å². The van der Waals surface area contributed by atoms with Gasteiger partial charge < -0.3 is 19.6 Å². The lowest BCUT2D eigenvalue weighted by Gasteiger charge is -2.31. The van der Waals surface area contributed by atoms with Gasteiger partial charge in [0.2, 0.25) is 11.7 Å². The van der Waals surface area contributed by atoms with Gasteiger partial charge in [0.15, 0.2) is 23.9 Å². The van der Waals surface area contributed by atoms with Crippen molar-refractivity contribution in [1.82, 2.24) is 10.3 Å². The number of nitrogens with zero attached hydrogens (tertiary/aromatic N) is 1. The van der Waals surface area contributed by atoms with Gasteiger partial charge in [-0.15, -0.1) is 0 Å². The van der Waals surface area contributed by atoms with Gasteiger partial charge >= 0.3 is 0 Å². The van der Waals surface area contributed by atoms with Crippen molar-refractivity contribution in [3.8, 4) is 5.75 Å². The Morgan fingerprint density at radius 1 is 1.31 bits per heavy atom. The summed E-state index contributed by atoms with van der Waals surface area (Å²) in [4.78, 5) is 16.1. The summed E-state index contributed by atoms with van der Waals surface area (Å²) in [6.07, 6.45) is 5.44. The fourth-order valence-electron chi connectivity index (χ4n) is 2.94. The molecule has 1 aromatic carbocycles. The topological polar surface area (TPSA) is 84.6 Å². The van der Waals surface area contributed by atoms with Gasteiger partial charge in [-0.3, -0.25) is 4.79 Å². The number of aromatic nitrogens is 1. The molecule has 0 radical (unpaired) electrons. The molecule has 8 heteroatoms. The molecule has 1 fully saturated rings. The number of hydrogen-bond donors (Lipinski definition) is 2. The Bertz CT molecular complexity index is 772. The van der Waals surface area contributed by atoms with Crippen molar-refractivity contribution in [3.63, 3.8) is 0 Å². The smallest absolute Gasteiger partial charge is 0.273 e. The highest BCUT2D eigenvalue weighted by Crippen LogP contribution is 2.27. The van der Waals surface area contributed by atoms with Gasteiger partial charge in [0.05, 0.1) is 5.60 Å². The van der Waals surface area contributed by atoms with Crippen LogP contribution in [-0.4, -0.2) is 28.1 Å². The minimum atomic E-state index is -1.10. The van der Waals surface area contributed by atoms with Crippen LogP contribution < -0.4 is 10.1 Å². The zero-order chi connectivity index (χ0) is 18.6.